The van der Waals surface area contributed by atoms with Crippen molar-refractivity contribution in [3.8, 4) is 11.5 Å². The Hall–Kier alpha value is -2.67. The Labute approximate surface area is 142 Å². The molecule has 1 amide bonds. The maximum Gasteiger partial charge on any atom is 0.257 e. The van der Waals surface area contributed by atoms with Crippen LogP contribution < -0.4 is 14.8 Å². The summed E-state index contributed by atoms with van der Waals surface area (Å²) >= 11 is 1.28. The average molecular weight is 342 g/mol. The molecule has 0 fully saturated rings. The van der Waals surface area contributed by atoms with E-state index >= 15 is 0 Å². The number of thioether (sulfide) groups is 1. The third kappa shape index (κ3) is 2.90. The number of anilines is 1. The summed E-state index contributed by atoms with van der Waals surface area (Å²) in [5.41, 5.74) is 2.15. The minimum absolute atomic E-state index is 0.138. The number of aromatic nitrogens is 1. The highest BCUT2D eigenvalue weighted by Gasteiger charge is 2.19. The van der Waals surface area contributed by atoms with Crippen LogP contribution in [-0.4, -0.2) is 22.9 Å². The molecule has 0 saturated carbocycles. The number of carbonyl (C=O) groups excluding carboxylic acids is 1. The van der Waals surface area contributed by atoms with E-state index in [2.05, 4.69) is 10.3 Å². The fraction of sp³-hybridized carbons (Fsp3) is 0.176. The molecule has 0 saturated heterocycles. The lowest BCUT2D eigenvalue weighted by Gasteiger charge is -2.10. The Bertz CT molecular complexity index is 875. The molecule has 1 aliphatic rings. The quantitative estimate of drug-likeness (QED) is 0.729. The first-order chi connectivity index (χ1) is 11.7. The summed E-state index contributed by atoms with van der Waals surface area (Å²) in [5, 5.41) is 2.98. The maximum atomic E-state index is 12.4. The molecule has 3 aromatic rings. The Morgan fingerprint density at radius 1 is 1.21 bits per heavy atom. The normalized spacial score (nSPS) is 13.9. The van der Waals surface area contributed by atoms with Gasteiger partial charge in [-0.2, -0.15) is 0 Å². The minimum Gasteiger partial charge on any atom is -0.454 e. The monoisotopic (exact) mass is 342 g/mol. The summed E-state index contributed by atoms with van der Waals surface area (Å²) in [6.45, 7) is 2.01. The second-order valence-corrected chi connectivity index (χ2v) is 6.56. The summed E-state index contributed by atoms with van der Waals surface area (Å²) in [6.07, 6.45) is 0. The number of nitrogens with one attached hydrogen (secondary N) is 1. The molecule has 1 atom stereocenters. The van der Waals surface area contributed by atoms with E-state index in [-0.39, 0.29) is 18.0 Å². The van der Waals surface area contributed by atoms with Crippen molar-refractivity contribution < 1.29 is 18.7 Å². The second-order valence-electron chi connectivity index (χ2n) is 5.26. The van der Waals surface area contributed by atoms with Crippen molar-refractivity contribution in [2.45, 2.75) is 17.4 Å². The van der Waals surface area contributed by atoms with E-state index in [1.165, 1.54) is 11.8 Å². The summed E-state index contributed by atoms with van der Waals surface area (Å²) in [7, 11) is 0. The van der Waals surface area contributed by atoms with E-state index in [0.29, 0.717) is 28.0 Å². The van der Waals surface area contributed by atoms with Crippen LogP contribution in [0.2, 0.25) is 0 Å². The summed E-state index contributed by atoms with van der Waals surface area (Å²) in [5.74, 6) is 1.18. The molecule has 4 rings (SSSR count). The van der Waals surface area contributed by atoms with Gasteiger partial charge in [-0.15, -0.1) is 0 Å². The second kappa shape index (κ2) is 6.09. The zero-order chi connectivity index (χ0) is 16.5. The summed E-state index contributed by atoms with van der Waals surface area (Å²) in [6, 6.07) is 12.8. The number of hydrogen-bond donors (Lipinski definition) is 1. The van der Waals surface area contributed by atoms with E-state index < -0.39 is 0 Å². The van der Waals surface area contributed by atoms with Crippen LogP contribution in [0.15, 0.2) is 52.1 Å². The highest BCUT2D eigenvalue weighted by molar-refractivity contribution is 8.00. The highest BCUT2D eigenvalue weighted by Crippen LogP contribution is 2.34. The lowest BCUT2D eigenvalue weighted by Crippen LogP contribution is -2.22. The fourth-order valence-corrected chi connectivity index (χ4v) is 3.08. The van der Waals surface area contributed by atoms with Crippen LogP contribution in [0, 0.1) is 0 Å². The molecule has 1 aromatic heterocycles. The van der Waals surface area contributed by atoms with Gasteiger partial charge in [0.05, 0.1) is 5.25 Å². The van der Waals surface area contributed by atoms with Crippen LogP contribution in [0.5, 0.6) is 11.5 Å². The van der Waals surface area contributed by atoms with Gasteiger partial charge in [-0.3, -0.25) is 4.79 Å². The molecule has 2 aromatic carbocycles. The molecule has 7 heteroatoms. The van der Waals surface area contributed by atoms with Gasteiger partial charge in [0, 0.05) is 11.8 Å². The van der Waals surface area contributed by atoms with Crippen molar-refractivity contribution in [3.05, 3.63) is 42.5 Å². The van der Waals surface area contributed by atoms with Gasteiger partial charge in [0.15, 0.2) is 17.1 Å². The molecule has 0 radical (unpaired) electrons. The lowest BCUT2D eigenvalue weighted by molar-refractivity contribution is -0.115. The van der Waals surface area contributed by atoms with Crippen LogP contribution in [0.4, 0.5) is 5.69 Å². The van der Waals surface area contributed by atoms with Crippen molar-refractivity contribution in [2.75, 3.05) is 12.1 Å². The predicted molar refractivity (Wildman–Crippen MR) is 90.5 cm³/mol. The molecule has 24 heavy (non-hydrogen) atoms. The molecular formula is C17H14N2O4S. The topological polar surface area (TPSA) is 73.6 Å². The number of para-hydroxylation sites is 2. The predicted octanol–water partition coefficient (Wildman–Crippen LogP) is 3.68. The van der Waals surface area contributed by atoms with Crippen molar-refractivity contribution in [1.29, 1.82) is 0 Å². The van der Waals surface area contributed by atoms with Crippen molar-refractivity contribution in [3.63, 3.8) is 0 Å². The number of carbonyl (C=O) groups is 1. The molecule has 1 N–H and O–H groups in total. The van der Waals surface area contributed by atoms with Crippen LogP contribution >= 0.6 is 11.8 Å². The first-order valence-electron chi connectivity index (χ1n) is 7.42. The highest BCUT2D eigenvalue weighted by atomic mass is 32.2. The van der Waals surface area contributed by atoms with E-state index in [1.807, 2.05) is 31.2 Å². The van der Waals surface area contributed by atoms with Gasteiger partial charge in [-0.05, 0) is 31.2 Å². The summed E-state index contributed by atoms with van der Waals surface area (Å²) < 4.78 is 16.2. The largest absolute Gasteiger partial charge is 0.454 e. The molecule has 6 nitrogen and oxygen atoms in total. The van der Waals surface area contributed by atoms with Crippen LogP contribution in [0.25, 0.3) is 11.1 Å². The van der Waals surface area contributed by atoms with Crippen molar-refractivity contribution >= 4 is 34.5 Å². The Morgan fingerprint density at radius 3 is 2.92 bits per heavy atom. The third-order valence-corrected chi connectivity index (χ3v) is 4.51. The Morgan fingerprint density at radius 2 is 2.04 bits per heavy atom. The van der Waals surface area contributed by atoms with E-state index in [4.69, 9.17) is 13.9 Å². The van der Waals surface area contributed by atoms with Gasteiger partial charge in [-0.25, -0.2) is 4.98 Å². The van der Waals surface area contributed by atoms with E-state index in [1.54, 1.807) is 18.2 Å². The first-order valence-corrected chi connectivity index (χ1v) is 8.30. The van der Waals surface area contributed by atoms with Gasteiger partial charge in [0.1, 0.15) is 5.52 Å². The van der Waals surface area contributed by atoms with Gasteiger partial charge in [0.2, 0.25) is 12.7 Å². The maximum absolute atomic E-state index is 12.4. The minimum atomic E-state index is -0.358. The molecule has 0 unspecified atom stereocenters. The Kier molecular flexibility index (Phi) is 3.78. The molecule has 1 aliphatic heterocycles. The fourth-order valence-electron chi connectivity index (χ4n) is 2.32. The smallest absolute Gasteiger partial charge is 0.257 e. The average Bonchev–Trinajstić information content (AvgIpc) is 3.19. The summed E-state index contributed by atoms with van der Waals surface area (Å²) in [4.78, 5) is 16.7. The number of fused-ring (bicyclic) bond motifs is 2. The molecule has 0 aliphatic carbocycles. The molecule has 0 bridgehead atoms. The number of rotatable bonds is 4. The van der Waals surface area contributed by atoms with Crippen LogP contribution in [0.3, 0.4) is 0 Å². The molecule has 0 spiro atoms. The van der Waals surface area contributed by atoms with Crippen molar-refractivity contribution in [2.24, 2.45) is 0 Å². The Balaban J connectivity index is 1.44. The number of hydrogen-bond acceptors (Lipinski definition) is 6. The number of amides is 1. The van der Waals surface area contributed by atoms with Crippen LogP contribution in [-0.2, 0) is 4.79 Å². The standard InChI is InChI=1S/C17H14N2O4S/c1-10(24-17-19-12-4-2-3-5-13(12)23-17)16(20)18-11-6-7-14-15(8-11)22-9-21-14/h2-8,10H,9H2,1H3,(H,18,20)/t10-/m1/s1. The number of benzene rings is 2. The lowest BCUT2D eigenvalue weighted by atomic mass is 10.2. The van der Waals surface area contributed by atoms with Gasteiger partial charge in [0.25, 0.3) is 5.22 Å². The number of oxazole rings is 1. The SMILES string of the molecule is C[C@@H](Sc1nc2ccccc2o1)C(=O)Nc1ccc2c(c1)OCO2. The first kappa shape index (κ1) is 14.9. The van der Waals surface area contributed by atoms with Gasteiger partial charge >= 0.3 is 0 Å². The zero-order valence-corrected chi connectivity index (χ0v) is 13.6. The van der Waals surface area contributed by atoms with Crippen molar-refractivity contribution in [1.82, 2.24) is 4.98 Å². The molecule has 122 valence electrons. The van der Waals surface area contributed by atoms with Gasteiger partial charge in [-0.1, -0.05) is 23.9 Å². The van der Waals surface area contributed by atoms with Crippen LogP contribution in [0.1, 0.15) is 6.92 Å². The van der Waals surface area contributed by atoms with Gasteiger partial charge < -0.3 is 19.2 Å². The van der Waals surface area contributed by atoms with E-state index in [0.717, 1.165) is 5.52 Å². The zero-order valence-electron chi connectivity index (χ0n) is 12.8. The number of ether oxygens (including phenoxy) is 2. The number of nitrogens with zero attached hydrogens (tertiary/aromatic N) is 1. The molecule has 2 heterocycles. The molecular weight excluding hydrogens is 328 g/mol. The third-order valence-electron chi connectivity index (χ3n) is 3.56. The van der Waals surface area contributed by atoms with E-state index in [9.17, 15) is 4.79 Å².